The molecule has 0 fully saturated rings. The van der Waals surface area contributed by atoms with E-state index in [1.165, 1.54) is 24.3 Å². The Morgan fingerprint density at radius 2 is 1.67 bits per heavy atom. The van der Waals surface area contributed by atoms with Crippen LogP contribution >= 0.6 is 46.1 Å². The van der Waals surface area contributed by atoms with Crippen molar-refractivity contribution in [2.45, 2.75) is 4.34 Å². The van der Waals surface area contributed by atoms with E-state index in [1.807, 2.05) is 0 Å². The monoisotopic (exact) mass is 462 g/mol. The van der Waals surface area contributed by atoms with Gasteiger partial charge in [-0.15, -0.1) is 10.2 Å². The lowest BCUT2D eigenvalue weighted by atomic mass is 10.2. The summed E-state index contributed by atoms with van der Waals surface area (Å²) in [5.74, 6) is -0.532. The van der Waals surface area contributed by atoms with Crippen LogP contribution in [0.15, 0.2) is 46.8 Å². The number of nitrogens with one attached hydrogen (secondary N) is 2. The van der Waals surface area contributed by atoms with Crippen LogP contribution in [0.5, 0.6) is 0 Å². The smallest absolute Gasteiger partial charge is 0.291 e. The van der Waals surface area contributed by atoms with Crippen molar-refractivity contribution < 1.29 is 13.2 Å². The van der Waals surface area contributed by atoms with E-state index in [9.17, 15) is 13.2 Å². The number of amides is 1. The molecule has 1 amide bonds. The van der Waals surface area contributed by atoms with Crippen LogP contribution in [0.25, 0.3) is 0 Å². The first-order chi connectivity index (χ1) is 12.7. The van der Waals surface area contributed by atoms with E-state index in [-0.39, 0.29) is 35.8 Å². The maximum Gasteiger partial charge on any atom is 0.291 e. The Morgan fingerprint density at radius 1 is 1.00 bits per heavy atom. The zero-order valence-electron chi connectivity index (χ0n) is 13.1. The standard InChI is InChI=1S/C15H9Cl3N4O3S2/c16-8-5-9(17)7-10(6-8)22-27(24,25)15-21-20-14(26-15)19-13(23)11-3-1-2-4-12(11)18/h1-7,22H,(H,19,20,23). The predicted molar refractivity (Wildman–Crippen MR) is 107 cm³/mol. The number of hydrogen-bond acceptors (Lipinski definition) is 6. The summed E-state index contributed by atoms with van der Waals surface area (Å²) in [5.41, 5.74) is 0.398. The summed E-state index contributed by atoms with van der Waals surface area (Å²) < 4.78 is 26.8. The van der Waals surface area contributed by atoms with Gasteiger partial charge < -0.3 is 0 Å². The van der Waals surface area contributed by atoms with Crippen molar-refractivity contribution in [1.82, 2.24) is 10.2 Å². The Kier molecular flexibility index (Phi) is 5.87. The molecule has 0 radical (unpaired) electrons. The molecule has 140 valence electrons. The molecule has 2 aromatic carbocycles. The van der Waals surface area contributed by atoms with Crippen molar-refractivity contribution >= 4 is 72.9 Å². The lowest BCUT2D eigenvalue weighted by molar-refractivity contribution is 0.102. The third-order valence-corrected chi connectivity index (χ3v) is 6.44. The van der Waals surface area contributed by atoms with E-state index >= 15 is 0 Å². The molecule has 0 aliphatic heterocycles. The molecule has 0 aliphatic carbocycles. The third-order valence-electron chi connectivity index (χ3n) is 3.09. The molecular weight excluding hydrogens is 455 g/mol. The van der Waals surface area contributed by atoms with Gasteiger partial charge in [-0.25, -0.2) is 0 Å². The SMILES string of the molecule is O=C(Nc1nnc(S(=O)(=O)Nc2cc(Cl)cc(Cl)c2)s1)c1ccccc1Cl. The second kappa shape index (κ2) is 7.99. The number of benzene rings is 2. The van der Waals surface area contributed by atoms with Crippen molar-refractivity contribution in [1.29, 1.82) is 0 Å². The first-order valence-electron chi connectivity index (χ1n) is 7.13. The van der Waals surface area contributed by atoms with E-state index in [1.54, 1.807) is 18.2 Å². The van der Waals surface area contributed by atoms with E-state index in [2.05, 4.69) is 20.2 Å². The Balaban J connectivity index is 1.78. The maximum absolute atomic E-state index is 12.4. The highest BCUT2D eigenvalue weighted by molar-refractivity contribution is 7.94. The summed E-state index contributed by atoms with van der Waals surface area (Å²) in [5, 5.41) is 10.5. The molecule has 3 aromatic rings. The Bertz CT molecular complexity index is 1100. The second-order valence-electron chi connectivity index (χ2n) is 5.07. The summed E-state index contributed by atoms with van der Waals surface area (Å²) in [6.07, 6.45) is 0. The van der Waals surface area contributed by atoms with Crippen LogP contribution in [0.3, 0.4) is 0 Å². The number of anilines is 2. The van der Waals surface area contributed by atoms with Crippen molar-refractivity contribution in [2.24, 2.45) is 0 Å². The van der Waals surface area contributed by atoms with Crippen LogP contribution in [0.1, 0.15) is 10.4 Å². The summed E-state index contributed by atoms with van der Waals surface area (Å²) >= 11 is 18.3. The van der Waals surface area contributed by atoms with Gasteiger partial charge in [0.25, 0.3) is 20.3 Å². The van der Waals surface area contributed by atoms with Gasteiger partial charge in [0.15, 0.2) is 0 Å². The highest BCUT2D eigenvalue weighted by Crippen LogP contribution is 2.27. The number of nitrogens with zero attached hydrogens (tertiary/aromatic N) is 2. The van der Waals surface area contributed by atoms with E-state index in [4.69, 9.17) is 34.8 Å². The molecule has 12 heteroatoms. The lowest BCUT2D eigenvalue weighted by Crippen LogP contribution is -2.12. The molecule has 0 spiro atoms. The topological polar surface area (TPSA) is 101 Å². The van der Waals surface area contributed by atoms with Crippen LogP contribution in [0, 0.1) is 0 Å². The van der Waals surface area contributed by atoms with Gasteiger partial charge in [-0.05, 0) is 30.3 Å². The first-order valence-corrected chi connectivity index (χ1v) is 10.6. The van der Waals surface area contributed by atoms with Crippen LogP contribution < -0.4 is 10.0 Å². The number of carbonyl (C=O) groups is 1. The zero-order chi connectivity index (χ0) is 19.6. The summed E-state index contributed by atoms with van der Waals surface area (Å²) in [6.45, 7) is 0. The largest absolute Gasteiger partial charge is 0.296 e. The van der Waals surface area contributed by atoms with Crippen molar-refractivity contribution in [3.8, 4) is 0 Å². The molecule has 1 heterocycles. The van der Waals surface area contributed by atoms with E-state index < -0.39 is 15.9 Å². The fourth-order valence-corrected chi connectivity index (χ4v) is 4.67. The lowest BCUT2D eigenvalue weighted by Gasteiger charge is -2.06. The molecule has 0 saturated heterocycles. The maximum atomic E-state index is 12.4. The minimum absolute atomic E-state index is 0.00409. The fraction of sp³-hybridized carbons (Fsp3) is 0. The number of sulfonamides is 1. The Morgan fingerprint density at radius 3 is 2.33 bits per heavy atom. The van der Waals surface area contributed by atoms with Crippen LogP contribution in [-0.2, 0) is 10.0 Å². The predicted octanol–water partition coefficient (Wildman–Crippen LogP) is 4.55. The van der Waals surface area contributed by atoms with Gasteiger partial charge in [0.1, 0.15) is 0 Å². The molecule has 0 saturated carbocycles. The normalized spacial score (nSPS) is 11.2. The van der Waals surface area contributed by atoms with Gasteiger partial charge in [0.05, 0.1) is 16.3 Å². The van der Waals surface area contributed by atoms with Gasteiger partial charge in [-0.3, -0.25) is 14.8 Å². The minimum atomic E-state index is -4.03. The van der Waals surface area contributed by atoms with Crippen molar-refractivity contribution in [3.63, 3.8) is 0 Å². The van der Waals surface area contributed by atoms with Gasteiger partial charge in [0, 0.05) is 10.0 Å². The number of aromatic nitrogens is 2. The summed E-state index contributed by atoms with van der Waals surface area (Å²) in [7, 11) is -4.03. The number of rotatable bonds is 5. The van der Waals surface area contributed by atoms with Crippen molar-refractivity contribution in [2.75, 3.05) is 10.0 Å². The number of halogens is 3. The molecule has 1 aromatic heterocycles. The highest BCUT2D eigenvalue weighted by Gasteiger charge is 2.22. The number of carbonyl (C=O) groups excluding carboxylic acids is 1. The molecule has 2 N–H and O–H groups in total. The van der Waals surface area contributed by atoms with Gasteiger partial charge in [0.2, 0.25) is 5.13 Å². The molecule has 3 rings (SSSR count). The van der Waals surface area contributed by atoms with E-state index in [0.717, 1.165) is 0 Å². The van der Waals surface area contributed by atoms with Crippen LogP contribution in [-0.4, -0.2) is 24.5 Å². The van der Waals surface area contributed by atoms with Gasteiger partial charge in [-0.2, -0.15) is 8.42 Å². The average molecular weight is 464 g/mol. The molecule has 7 nitrogen and oxygen atoms in total. The second-order valence-corrected chi connectivity index (χ2v) is 9.18. The third kappa shape index (κ3) is 4.88. The summed E-state index contributed by atoms with van der Waals surface area (Å²) in [4.78, 5) is 12.2. The molecule has 0 aliphatic rings. The molecule has 0 bridgehead atoms. The van der Waals surface area contributed by atoms with Crippen LogP contribution in [0.4, 0.5) is 10.8 Å². The van der Waals surface area contributed by atoms with Gasteiger partial charge >= 0.3 is 0 Å². The number of hydrogen-bond donors (Lipinski definition) is 2. The highest BCUT2D eigenvalue weighted by atomic mass is 35.5. The average Bonchev–Trinajstić information content (AvgIpc) is 3.03. The molecule has 0 unspecified atom stereocenters. The van der Waals surface area contributed by atoms with Gasteiger partial charge in [-0.1, -0.05) is 58.3 Å². The Labute approximate surface area is 173 Å². The Hall–Kier alpha value is -1.91. The first kappa shape index (κ1) is 19.8. The quantitative estimate of drug-likeness (QED) is 0.541. The molecule has 27 heavy (non-hydrogen) atoms. The van der Waals surface area contributed by atoms with E-state index in [0.29, 0.717) is 11.3 Å². The minimum Gasteiger partial charge on any atom is -0.296 e. The summed E-state index contributed by atoms with van der Waals surface area (Å²) in [6, 6.07) is 10.7. The molecular formula is C15H9Cl3N4O3S2. The van der Waals surface area contributed by atoms with Crippen LogP contribution in [0.2, 0.25) is 15.1 Å². The molecule has 0 atom stereocenters. The zero-order valence-corrected chi connectivity index (χ0v) is 17.0. The fourth-order valence-electron chi connectivity index (χ4n) is 1.99. The van der Waals surface area contributed by atoms with Crippen molar-refractivity contribution in [3.05, 3.63) is 63.1 Å².